The van der Waals surface area contributed by atoms with Crippen molar-refractivity contribution >= 4 is 17.2 Å². The third-order valence-electron chi connectivity index (χ3n) is 5.71. The maximum absolute atomic E-state index is 12.4. The van der Waals surface area contributed by atoms with Crippen LogP contribution in [0.2, 0.25) is 0 Å². The Balaban J connectivity index is 1.30. The average Bonchev–Trinajstić information content (AvgIpc) is 3.51. The van der Waals surface area contributed by atoms with E-state index in [2.05, 4.69) is 17.4 Å². The number of carbonyl (C=O) groups excluding carboxylic acids is 1. The predicted molar refractivity (Wildman–Crippen MR) is 108 cm³/mol. The zero-order valence-corrected chi connectivity index (χ0v) is 15.9. The highest BCUT2D eigenvalue weighted by molar-refractivity contribution is 5.81. The number of pyridine rings is 1. The van der Waals surface area contributed by atoms with E-state index in [1.165, 1.54) is 5.56 Å². The fourth-order valence-corrected chi connectivity index (χ4v) is 3.95. The van der Waals surface area contributed by atoms with Gasteiger partial charge in [0.15, 0.2) is 11.5 Å². The van der Waals surface area contributed by atoms with Crippen LogP contribution in [0.5, 0.6) is 0 Å². The number of piperidine rings is 1. The van der Waals surface area contributed by atoms with Crippen LogP contribution in [-0.2, 0) is 11.3 Å². The minimum Gasteiger partial charge on any atom is -0.380 e. The molecule has 3 heterocycles. The number of fused-ring (bicyclic) bond motifs is 1. The summed E-state index contributed by atoms with van der Waals surface area (Å²) in [7, 11) is 0. The Labute approximate surface area is 164 Å². The van der Waals surface area contributed by atoms with Crippen molar-refractivity contribution in [2.45, 2.75) is 38.1 Å². The molecule has 6 nitrogen and oxygen atoms in total. The molecule has 1 saturated carbocycles. The van der Waals surface area contributed by atoms with Gasteiger partial charge in [0.1, 0.15) is 0 Å². The quantitative estimate of drug-likeness (QED) is 0.742. The zero-order valence-electron chi connectivity index (χ0n) is 15.9. The van der Waals surface area contributed by atoms with Crippen LogP contribution in [0.4, 0.5) is 5.69 Å². The number of hydrogen-bond acceptors (Lipinski definition) is 4. The van der Waals surface area contributed by atoms with E-state index in [1.807, 2.05) is 45.9 Å². The monoisotopic (exact) mass is 375 g/mol. The molecule has 144 valence electrons. The molecule has 1 amide bonds. The maximum atomic E-state index is 12.4. The van der Waals surface area contributed by atoms with Crippen LogP contribution in [0, 0.1) is 5.92 Å². The first-order chi connectivity index (χ1) is 13.8. The number of nitrogens with zero attached hydrogens (tertiary/aromatic N) is 4. The van der Waals surface area contributed by atoms with Crippen LogP contribution in [0.25, 0.3) is 5.65 Å². The molecule has 28 heavy (non-hydrogen) atoms. The van der Waals surface area contributed by atoms with Gasteiger partial charge in [0.25, 0.3) is 0 Å². The van der Waals surface area contributed by atoms with Crippen molar-refractivity contribution in [2.75, 3.05) is 18.4 Å². The second-order valence-electron chi connectivity index (χ2n) is 7.93. The molecular weight excluding hydrogens is 350 g/mol. The number of anilines is 1. The number of hydrogen-bond donors (Lipinski definition) is 1. The van der Waals surface area contributed by atoms with Gasteiger partial charge in [0.2, 0.25) is 5.91 Å². The number of nitrogens with one attached hydrogen (secondary N) is 1. The molecule has 0 spiro atoms. The summed E-state index contributed by atoms with van der Waals surface area (Å²) in [6.07, 6.45) is 6.19. The molecule has 1 aliphatic heterocycles. The minimum atomic E-state index is 0.233. The predicted octanol–water partition coefficient (Wildman–Crippen LogP) is 3.46. The van der Waals surface area contributed by atoms with E-state index in [0.717, 1.165) is 62.5 Å². The average molecular weight is 375 g/mol. The molecule has 1 saturated heterocycles. The lowest BCUT2D eigenvalue weighted by Crippen LogP contribution is -2.40. The number of benzene rings is 1. The van der Waals surface area contributed by atoms with Gasteiger partial charge in [-0.05, 0) is 43.4 Å². The topological polar surface area (TPSA) is 62.5 Å². The molecule has 1 atom stereocenters. The van der Waals surface area contributed by atoms with Gasteiger partial charge < -0.3 is 10.2 Å². The molecular formula is C22H25N5O. The minimum absolute atomic E-state index is 0.233. The molecule has 2 fully saturated rings. The first kappa shape index (κ1) is 17.2. The van der Waals surface area contributed by atoms with Crippen LogP contribution in [-0.4, -0.2) is 38.5 Å². The van der Waals surface area contributed by atoms with Gasteiger partial charge >= 0.3 is 0 Å². The Morgan fingerprint density at radius 1 is 1.11 bits per heavy atom. The third-order valence-corrected chi connectivity index (χ3v) is 5.71. The van der Waals surface area contributed by atoms with E-state index in [-0.39, 0.29) is 11.8 Å². The van der Waals surface area contributed by atoms with Gasteiger partial charge in [-0.2, -0.15) is 5.10 Å². The Morgan fingerprint density at radius 2 is 1.96 bits per heavy atom. The molecule has 2 aromatic heterocycles. The largest absolute Gasteiger partial charge is 0.380 e. The highest BCUT2D eigenvalue weighted by Crippen LogP contribution is 2.34. The van der Waals surface area contributed by atoms with Crippen molar-refractivity contribution in [1.29, 1.82) is 0 Å². The Hall–Kier alpha value is -2.89. The summed E-state index contributed by atoms with van der Waals surface area (Å²) in [5, 5.41) is 8.18. The first-order valence-corrected chi connectivity index (χ1v) is 10.2. The second-order valence-corrected chi connectivity index (χ2v) is 7.93. The van der Waals surface area contributed by atoms with E-state index in [4.69, 9.17) is 10.1 Å². The molecule has 2 aliphatic rings. The van der Waals surface area contributed by atoms with Crippen LogP contribution < -0.4 is 5.32 Å². The highest BCUT2D eigenvalue weighted by atomic mass is 16.2. The van der Waals surface area contributed by atoms with Crippen molar-refractivity contribution in [3.8, 4) is 0 Å². The maximum Gasteiger partial charge on any atom is 0.225 e. The van der Waals surface area contributed by atoms with Crippen molar-refractivity contribution in [3.05, 3.63) is 60.0 Å². The lowest BCUT2D eigenvalue weighted by Gasteiger charge is -2.31. The summed E-state index contributed by atoms with van der Waals surface area (Å²) >= 11 is 0. The number of likely N-dealkylation sites (tertiary alicyclic amines) is 1. The molecule has 5 rings (SSSR count). The van der Waals surface area contributed by atoms with Gasteiger partial charge in [0.05, 0.1) is 11.9 Å². The van der Waals surface area contributed by atoms with Crippen molar-refractivity contribution in [1.82, 2.24) is 19.5 Å². The molecule has 1 aromatic carbocycles. The molecule has 0 radical (unpaired) electrons. The SMILES string of the molecule is O=C(C1CC1)N1CCC[C@@H](c2nc3ccc(NCc4ccccc4)cn3n2)C1. The summed E-state index contributed by atoms with van der Waals surface area (Å²) in [5.41, 5.74) is 3.11. The number of amides is 1. The lowest BCUT2D eigenvalue weighted by molar-refractivity contribution is -0.133. The van der Waals surface area contributed by atoms with Crippen LogP contribution in [0.3, 0.4) is 0 Å². The summed E-state index contributed by atoms with van der Waals surface area (Å²) in [5.74, 6) is 1.71. The highest BCUT2D eigenvalue weighted by Gasteiger charge is 2.36. The fraction of sp³-hybridized carbons (Fsp3) is 0.409. The van der Waals surface area contributed by atoms with E-state index in [0.29, 0.717) is 5.91 Å². The second kappa shape index (κ2) is 7.26. The summed E-state index contributed by atoms with van der Waals surface area (Å²) in [6.45, 7) is 2.41. The fourth-order valence-electron chi connectivity index (χ4n) is 3.95. The van der Waals surface area contributed by atoms with Crippen LogP contribution in [0.1, 0.15) is 43.0 Å². The van der Waals surface area contributed by atoms with Crippen LogP contribution in [0.15, 0.2) is 48.7 Å². The number of aromatic nitrogens is 3. The molecule has 6 heteroatoms. The van der Waals surface area contributed by atoms with E-state index in [9.17, 15) is 4.79 Å². The van der Waals surface area contributed by atoms with Gasteiger partial charge in [0, 0.05) is 31.5 Å². The van der Waals surface area contributed by atoms with E-state index in [1.54, 1.807) is 0 Å². The zero-order chi connectivity index (χ0) is 18.9. The molecule has 0 unspecified atom stereocenters. The smallest absolute Gasteiger partial charge is 0.225 e. The van der Waals surface area contributed by atoms with Gasteiger partial charge in [-0.25, -0.2) is 9.50 Å². The van der Waals surface area contributed by atoms with Gasteiger partial charge in [-0.3, -0.25) is 4.79 Å². The standard InChI is InChI=1S/C22H25N5O/c28-22(17-8-9-17)26-12-4-7-18(14-26)21-24-20-11-10-19(15-27(20)25-21)23-13-16-5-2-1-3-6-16/h1-3,5-6,10-11,15,17-18,23H,4,7-9,12-14H2/t18-/m1/s1. The van der Waals surface area contributed by atoms with E-state index < -0.39 is 0 Å². The molecule has 3 aromatic rings. The molecule has 1 aliphatic carbocycles. The number of rotatable bonds is 5. The Bertz CT molecular complexity index is 979. The summed E-state index contributed by atoms with van der Waals surface area (Å²) < 4.78 is 1.85. The lowest BCUT2D eigenvalue weighted by atomic mass is 9.97. The Kier molecular flexibility index (Phi) is 4.47. The van der Waals surface area contributed by atoms with Crippen LogP contribution >= 0.6 is 0 Å². The molecule has 0 bridgehead atoms. The van der Waals surface area contributed by atoms with Crippen molar-refractivity contribution < 1.29 is 4.79 Å². The van der Waals surface area contributed by atoms with Crippen molar-refractivity contribution in [2.24, 2.45) is 5.92 Å². The van der Waals surface area contributed by atoms with Gasteiger partial charge in [-0.1, -0.05) is 30.3 Å². The number of carbonyl (C=O) groups is 1. The van der Waals surface area contributed by atoms with E-state index >= 15 is 0 Å². The Morgan fingerprint density at radius 3 is 2.79 bits per heavy atom. The van der Waals surface area contributed by atoms with Gasteiger partial charge in [-0.15, -0.1) is 0 Å². The van der Waals surface area contributed by atoms with Crippen molar-refractivity contribution in [3.63, 3.8) is 0 Å². The third kappa shape index (κ3) is 3.59. The summed E-state index contributed by atoms with van der Waals surface area (Å²) in [4.78, 5) is 19.2. The molecule has 1 N–H and O–H groups in total. The normalized spacial score (nSPS) is 19.7. The summed E-state index contributed by atoms with van der Waals surface area (Å²) in [6, 6.07) is 14.4. The first-order valence-electron chi connectivity index (χ1n) is 10.2.